The summed E-state index contributed by atoms with van der Waals surface area (Å²) in [4.78, 5) is 0. The van der Waals surface area contributed by atoms with E-state index in [2.05, 4.69) is 56.7 Å². The molecule has 0 aliphatic heterocycles. The molecule has 0 fully saturated rings. The maximum absolute atomic E-state index is 5.74. The first-order valence-corrected chi connectivity index (χ1v) is 6.38. The second-order valence-corrected chi connectivity index (χ2v) is 5.54. The molecule has 0 aliphatic rings. The number of fused-ring (bicyclic) bond motifs is 3. The van der Waals surface area contributed by atoms with Gasteiger partial charge in [-0.15, -0.1) is 0 Å². The van der Waals surface area contributed by atoms with Crippen LogP contribution in [-0.2, 0) is 0 Å². The van der Waals surface area contributed by atoms with E-state index in [4.69, 9.17) is 4.42 Å². The van der Waals surface area contributed by atoms with Gasteiger partial charge < -0.3 is 4.42 Å². The van der Waals surface area contributed by atoms with Crippen LogP contribution in [0.4, 0.5) is 0 Å². The molecular weight excluding hydrogens is 367 g/mol. The quantitative estimate of drug-likeness (QED) is 0.509. The maximum Gasteiger partial charge on any atom is 0.135 e. The lowest BCUT2D eigenvalue weighted by molar-refractivity contribution is 0.669. The van der Waals surface area contributed by atoms with Crippen molar-refractivity contribution >= 4 is 60.5 Å². The standard InChI is InChI=1S/C12H6BrIO/c13-7-1-3-11-9(5-7)10-6-8(14)2-4-12(10)15-11/h1-6H. The number of hydrogen-bond acceptors (Lipinski definition) is 1. The molecule has 0 N–H and O–H groups in total. The molecule has 74 valence electrons. The van der Waals surface area contributed by atoms with Gasteiger partial charge in [-0.3, -0.25) is 0 Å². The Hall–Kier alpha value is -0.550. The number of halogens is 2. The average molecular weight is 373 g/mol. The fourth-order valence-electron chi connectivity index (χ4n) is 1.72. The van der Waals surface area contributed by atoms with Gasteiger partial charge >= 0.3 is 0 Å². The van der Waals surface area contributed by atoms with Gasteiger partial charge in [0.05, 0.1) is 0 Å². The molecule has 3 rings (SSSR count). The topological polar surface area (TPSA) is 13.1 Å². The molecule has 0 saturated heterocycles. The molecule has 3 aromatic rings. The van der Waals surface area contributed by atoms with E-state index in [0.717, 1.165) is 21.0 Å². The Morgan fingerprint density at radius 2 is 1.60 bits per heavy atom. The summed E-state index contributed by atoms with van der Waals surface area (Å²) in [5.41, 5.74) is 1.89. The zero-order valence-corrected chi connectivity index (χ0v) is 11.4. The second-order valence-electron chi connectivity index (χ2n) is 3.38. The predicted molar refractivity (Wildman–Crippen MR) is 74.1 cm³/mol. The molecule has 2 aromatic carbocycles. The van der Waals surface area contributed by atoms with E-state index < -0.39 is 0 Å². The van der Waals surface area contributed by atoms with Crippen LogP contribution in [0, 0.1) is 3.57 Å². The van der Waals surface area contributed by atoms with Crippen molar-refractivity contribution in [2.24, 2.45) is 0 Å². The number of furan rings is 1. The van der Waals surface area contributed by atoms with Crippen LogP contribution in [0.5, 0.6) is 0 Å². The van der Waals surface area contributed by atoms with Gasteiger partial charge in [0.25, 0.3) is 0 Å². The highest BCUT2D eigenvalue weighted by Crippen LogP contribution is 2.31. The lowest BCUT2D eigenvalue weighted by atomic mass is 10.2. The molecule has 1 aromatic heterocycles. The Labute approximate surface area is 109 Å². The van der Waals surface area contributed by atoms with Crippen molar-refractivity contribution < 1.29 is 4.42 Å². The Kier molecular flexibility index (Phi) is 2.25. The van der Waals surface area contributed by atoms with Gasteiger partial charge in [-0.05, 0) is 59.0 Å². The lowest BCUT2D eigenvalue weighted by Crippen LogP contribution is -1.70. The molecule has 0 amide bonds. The summed E-state index contributed by atoms with van der Waals surface area (Å²) in [5, 5.41) is 2.34. The van der Waals surface area contributed by atoms with Crippen molar-refractivity contribution in [2.45, 2.75) is 0 Å². The van der Waals surface area contributed by atoms with Crippen LogP contribution in [0.15, 0.2) is 45.3 Å². The van der Waals surface area contributed by atoms with Crippen molar-refractivity contribution in [3.05, 3.63) is 44.4 Å². The van der Waals surface area contributed by atoms with Gasteiger partial charge in [0, 0.05) is 18.8 Å². The Morgan fingerprint density at radius 1 is 0.933 bits per heavy atom. The molecule has 3 heteroatoms. The molecule has 1 nitrogen and oxygen atoms in total. The van der Waals surface area contributed by atoms with Gasteiger partial charge in [-0.1, -0.05) is 15.9 Å². The highest BCUT2D eigenvalue weighted by atomic mass is 127. The van der Waals surface area contributed by atoms with Gasteiger partial charge in [-0.2, -0.15) is 0 Å². The van der Waals surface area contributed by atoms with Crippen LogP contribution in [0.25, 0.3) is 21.9 Å². The summed E-state index contributed by atoms with van der Waals surface area (Å²) in [7, 11) is 0. The molecule has 0 aliphatic carbocycles. The third-order valence-electron chi connectivity index (χ3n) is 2.39. The van der Waals surface area contributed by atoms with Gasteiger partial charge in [0.1, 0.15) is 11.2 Å². The van der Waals surface area contributed by atoms with Crippen LogP contribution in [0.2, 0.25) is 0 Å². The SMILES string of the molecule is Brc1ccc2oc3ccc(I)cc3c2c1. The predicted octanol–water partition coefficient (Wildman–Crippen LogP) is 4.95. The molecular formula is C12H6BrIO. The van der Waals surface area contributed by atoms with Crippen molar-refractivity contribution in [2.75, 3.05) is 0 Å². The largest absolute Gasteiger partial charge is 0.456 e. The first kappa shape index (κ1) is 9.66. The van der Waals surface area contributed by atoms with E-state index >= 15 is 0 Å². The fraction of sp³-hybridized carbons (Fsp3) is 0. The number of rotatable bonds is 0. The van der Waals surface area contributed by atoms with E-state index in [0.29, 0.717) is 0 Å². The monoisotopic (exact) mass is 372 g/mol. The molecule has 0 bridgehead atoms. The Bertz CT molecular complexity index is 601. The van der Waals surface area contributed by atoms with Crippen molar-refractivity contribution in [3.8, 4) is 0 Å². The molecule has 0 saturated carbocycles. The molecule has 15 heavy (non-hydrogen) atoms. The normalized spacial score (nSPS) is 11.3. The lowest BCUT2D eigenvalue weighted by Gasteiger charge is -1.91. The first-order valence-electron chi connectivity index (χ1n) is 4.51. The smallest absolute Gasteiger partial charge is 0.135 e. The van der Waals surface area contributed by atoms with E-state index in [-0.39, 0.29) is 0 Å². The number of benzene rings is 2. The number of hydrogen-bond donors (Lipinski definition) is 0. The third-order valence-corrected chi connectivity index (χ3v) is 3.56. The molecule has 1 heterocycles. The summed E-state index contributed by atoms with van der Waals surface area (Å²) in [6, 6.07) is 12.3. The second kappa shape index (κ2) is 3.49. The van der Waals surface area contributed by atoms with Crippen LogP contribution in [-0.4, -0.2) is 0 Å². The maximum atomic E-state index is 5.74. The Balaban J connectivity index is 2.55. The zero-order valence-electron chi connectivity index (χ0n) is 7.63. The minimum atomic E-state index is 0.940. The highest BCUT2D eigenvalue weighted by Gasteiger charge is 2.06. The van der Waals surface area contributed by atoms with Crippen molar-refractivity contribution in [1.29, 1.82) is 0 Å². The minimum absolute atomic E-state index is 0.940. The molecule has 0 atom stereocenters. The minimum Gasteiger partial charge on any atom is -0.456 e. The third kappa shape index (κ3) is 1.58. The fourth-order valence-corrected chi connectivity index (χ4v) is 2.57. The van der Waals surface area contributed by atoms with E-state index in [1.165, 1.54) is 8.96 Å². The van der Waals surface area contributed by atoms with Gasteiger partial charge in [0.15, 0.2) is 0 Å². The van der Waals surface area contributed by atoms with Crippen LogP contribution >= 0.6 is 38.5 Å². The molecule has 0 radical (unpaired) electrons. The van der Waals surface area contributed by atoms with E-state index in [1.807, 2.05) is 18.2 Å². The van der Waals surface area contributed by atoms with Gasteiger partial charge in [-0.25, -0.2) is 0 Å². The Morgan fingerprint density at radius 3 is 2.40 bits per heavy atom. The van der Waals surface area contributed by atoms with E-state index in [9.17, 15) is 0 Å². The van der Waals surface area contributed by atoms with Crippen molar-refractivity contribution in [1.82, 2.24) is 0 Å². The van der Waals surface area contributed by atoms with Crippen molar-refractivity contribution in [3.63, 3.8) is 0 Å². The van der Waals surface area contributed by atoms with Gasteiger partial charge in [0.2, 0.25) is 0 Å². The average Bonchev–Trinajstić information content (AvgIpc) is 2.56. The summed E-state index contributed by atoms with van der Waals surface area (Å²) >= 11 is 5.79. The molecule has 0 spiro atoms. The van der Waals surface area contributed by atoms with E-state index in [1.54, 1.807) is 0 Å². The zero-order chi connectivity index (χ0) is 10.4. The van der Waals surface area contributed by atoms with Crippen LogP contribution < -0.4 is 0 Å². The molecule has 0 unspecified atom stereocenters. The summed E-state index contributed by atoms with van der Waals surface area (Å²) in [6.07, 6.45) is 0. The van der Waals surface area contributed by atoms with Crippen LogP contribution in [0.3, 0.4) is 0 Å². The highest BCUT2D eigenvalue weighted by molar-refractivity contribution is 14.1. The summed E-state index contributed by atoms with van der Waals surface area (Å²) < 4.78 is 8.04. The summed E-state index contributed by atoms with van der Waals surface area (Å²) in [5.74, 6) is 0. The van der Waals surface area contributed by atoms with Crippen LogP contribution in [0.1, 0.15) is 0 Å². The summed E-state index contributed by atoms with van der Waals surface area (Å²) in [6.45, 7) is 0. The first-order chi connectivity index (χ1) is 7.24.